The van der Waals surface area contributed by atoms with E-state index in [2.05, 4.69) is 15.4 Å². The normalized spacial score (nSPS) is 11.0. The van der Waals surface area contributed by atoms with Gasteiger partial charge in [0.15, 0.2) is 14.8 Å². The molecule has 0 fully saturated rings. The van der Waals surface area contributed by atoms with E-state index in [1.165, 1.54) is 0 Å². The Kier molecular flexibility index (Phi) is 2.32. The predicted molar refractivity (Wildman–Crippen MR) is 40.6 cm³/mol. The lowest BCUT2D eigenvalue weighted by Crippen LogP contribution is -2.51. The summed E-state index contributed by atoms with van der Waals surface area (Å²) in [7, 11) is 0. The van der Waals surface area contributed by atoms with Crippen molar-refractivity contribution in [1.29, 1.82) is 0 Å². The average Bonchev–Trinajstić information content (AvgIpc) is 2.50. The number of tetrazole rings is 1. The second kappa shape index (κ2) is 3.33. The maximum atomic E-state index is 10.5. The maximum absolute atomic E-state index is 10.5. The van der Waals surface area contributed by atoms with Crippen molar-refractivity contribution in [1.82, 2.24) is 20.3 Å². The fourth-order valence-electron chi connectivity index (χ4n) is 0.804. The van der Waals surface area contributed by atoms with Crippen LogP contribution in [0.4, 0.5) is 0 Å². The number of nitrogen functional groups attached to an aromatic ring is 1. The molecular formula is C2H2N8O6. The van der Waals surface area contributed by atoms with Crippen molar-refractivity contribution < 1.29 is 14.8 Å². The molecule has 0 aromatic carbocycles. The van der Waals surface area contributed by atoms with Gasteiger partial charge in [-0.1, -0.05) is 15.1 Å². The van der Waals surface area contributed by atoms with E-state index in [0.717, 1.165) is 0 Å². The number of hydrogen-bond donors (Lipinski definition) is 1. The lowest BCUT2D eigenvalue weighted by atomic mass is 10.3. The minimum atomic E-state index is -3.91. The summed E-state index contributed by atoms with van der Waals surface area (Å²) in [4.78, 5) is 26.3. The molecule has 0 aliphatic carbocycles. The molecule has 0 unspecified atom stereocenters. The first kappa shape index (κ1) is 11.1. The third kappa shape index (κ3) is 1.24. The Morgan fingerprint density at radius 3 is 1.81 bits per heavy atom. The summed E-state index contributed by atoms with van der Waals surface area (Å²) in [6.45, 7) is 0. The van der Waals surface area contributed by atoms with Crippen molar-refractivity contribution >= 4 is 0 Å². The van der Waals surface area contributed by atoms with Gasteiger partial charge in [0.2, 0.25) is 0 Å². The van der Waals surface area contributed by atoms with Gasteiger partial charge < -0.3 is 5.84 Å². The van der Waals surface area contributed by atoms with E-state index in [0.29, 0.717) is 0 Å². The average molecular weight is 234 g/mol. The molecule has 86 valence electrons. The number of nitrogens with two attached hydrogens (primary N) is 1. The summed E-state index contributed by atoms with van der Waals surface area (Å²) >= 11 is 0. The molecule has 0 amide bonds. The van der Waals surface area contributed by atoms with Gasteiger partial charge in [-0.25, -0.2) is 0 Å². The maximum Gasteiger partial charge on any atom is 0.767 e. The molecule has 1 aromatic heterocycles. The lowest BCUT2D eigenvalue weighted by Gasteiger charge is -2.03. The Bertz CT molecular complexity index is 427. The van der Waals surface area contributed by atoms with Crippen LogP contribution in [-0.4, -0.2) is 35.1 Å². The number of aromatic nitrogens is 4. The van der Waals surface area contributed by atoms with Crippen LogP contribution in [-0.2, 0) is 5.79 Å². The molecule has 0 bridgehead atoms. The largest absolute Gasteiger partial charge is 0.767 e. The first-order valence-electron chi connectivity index (χ1n) is 3.32. The van der Waals surface area contributed by atoms with E-state index >= 15 is 0 Å². The molecular weight excluding hydrogens is 232 g/mol. The molecule has 0 radical (unpaired) electrons. The van der Waals surface area contributed by atoms with Crippen LogP contribution in [0.5, 0.6) is 0 Å². The highest BCUT2D eigenvalue weighted by molar-refractivity contribution is 4.83. The fraction of sp³-hybridized carbons (Fsp3) is 0.500. The summed E-state index contributed by atoms with van der Waals surface area (Å²) in [6, 6.07) is 0. The lowest BCUT2D eigenvalue weighted by molar-refractivity contribution is -0.987. The quantitative estimate of drug-likeness (QED) is 0.247. The van der Waals surface area contributed by atoms with Gasteiger partial charge in [0.1, 0.15) is 0 Å². The number of nitrogens with zero attached hydrogens (tertiary/aromatic N) is 7. The van der Waals surface area contributed by atoms with Gasteiger partial charge in [-0.05, 0) is 5.21 Å². The Morgan fingerprint density at radius 2 is 1.56 bits per heavy atom. The van der Waals surface area contributed by atoms with Crippen LogP contribution in [0.25, 0.3) is 0 Å². The van der Waals surface area contributed by atoms with Crippen molar-refractivity contribution in [2.45, 2.75) is 5.79 Å². The van der Waals surface area contributed by atoms with Crippen molar-refractivity contribution in [3.63, 3.8) is 0 Å². The van der Waals surface area contributed by atoms with Crippen LogP contribution in [0.2, 0.25) is 0 Å². The third-order valence-corrected chi connectivity index (χ3v) is 1.49. The predicted octanol–water partition coefficient (Wildman–Crippen LogP) is -2.67. The first-order valence-corrected chi connectivity index (χ1v) is 3.32. The summed E-state index contributed by atoms with van der Waals surface area (Å²) in [6.07, 6.45) is 0. The minimum Gasteiger partial charge on any atom is -0.304 e. The molecule has 0 atom stereocenters. The van der Waals surface area contributed by atoms with Gasteiger partial charge in [-0.3, -0.25) is 30.3 Å². The molecule has 0 saturated carbocycles. The van der Waals surface area contributed by atoms with Crippen LogP contribution in [0.3, 0.4) is 0 Å². The monoisotopic (exact) mass is 234 g/mol. The van der Waals surface area contributed by atoms with Crippen molar-refractivity contribution in [3.8, 4) is 0 Å². The number of rotatable bonds is 4. The summed E-state index contributed by atoms with van der Waals surface area (Å²) in [5.74, 6) is -0.403. The molecule has 14 nitrogen and oxygen atoms in total. The molecule has 16 heavy (non-hydrogen) atoms. The van der Waals surface area contributed by atoms with Gasteiger partial charge in [0.05, 0.1) is 0 Å². The zero-order valence-electron chi connectivity index (χ0n) is 7.16. The van der Waals surface area contributed by atoms with Crippen LogP contribution in [0.15, 0.2) is 0 Å². The van der Waals surface area contributed by atoms with Crippen LogP contribution in [0, 0.1) is 30.3 Å². The number of hydrogen-bond acceptors (Lipinski definition) is 10. The minimum absolute atomic E-state index is 0.139. The molecule has 0 aliphatic rings. The highest BCUT2D eigenvalue weighted by Crippen LogP contribution is 2.22. The fourth-order valence-corrected chi connectivity index (χ4v) is 0.804. The van der Waals surface area contributed by atoms with Crippen molar-refractivity contribution in [2.24, 2.45) is 0 Å². The van der Waals surface area contributed by atoms with Crippen molar-refractivity contribution in [3.05, 3.63) is 36.2 Å². The highest BCUT2D eigenvalue weighted by Gasteiger charge is 2.77. The third-order valence-electron chi connectivity index (χ3n) is 1.49. The topological polar surface area (TPSA) is 199 Å². The first-order chi connectivity index (χ1) is 7.33. The molecule has 1 rings (SSSR count). The Balaban J connectivity index is 3.51. The van der Waals surface area contributed by atoms with Crippen molar-refractivity contribution in [2.75, 3.05) is 5.84 Å². The summed E-state index contributed by atoms with van der Waals surface area (Å²) < 4.78 is 0. The standard InChI is InChI=1S/C2H2N8O6/c3-10-5-1(4-6-10)2(7(11)12,8(13)14)9(15)16/h3H2. The zero-order chi connectivity index (χ0) is 12.5. The van der Waals surface area contributed by atoms with E-state index in [4.69, 9.17) is 5.84 Å². The van der Waals surface area contributed by atoms with E-state index in [9.17, 15) is 30.3 Å². The zero-order valence-corrected chi connectivity index (χ0v) is 7.16. The van der Waals surface area contributed by atoms with Crippen LogP contribution in [0.1, 0.15) is 5.82 Å². The summed E-state index contributed by atoms with van der Waals surface area (Å²) in [5.41, 5.74) is 0. The SMILES string of the molecule is Nn1nnc(C([N+](=O)[O-])([N+](=O)[O-])[N+](=O)[O-])n1. The Morgan fingerprint density at radius 1 is 1.12 bits per heavy atom. The van der Waals surface area contributed by atoms with E-state index in [-0.39, 0.29) is 4.91 Å². The van der Waals surface area contributed by atoms with Gasteiger partial charge >= 0.3 is 11.6 Å². The second-order valence-corrected chi connectivity index (χ2v) is 2.34. The second-order valence-electron chi connectivity index (χ2n) is 2.34. The molecule has 0 saturated heterocycles. The smallest absolute Gasteiger partial charge is 0.304 e. The molecule has 1 heterocycles. The Labute approximate surface area is 84.0 Å². The van der Waals surface area contributed by atoms with Gasteiger partial charge in [0, 0.05) is 0 Å². The van der Waals surface area contributed by atoms with Crippen LogP contribution >= 0.6 is 0 Å². The highest BCUT2D eigenvalue weighted by atomic mass is 16.7. The molecule has 2 N–H and O–H groups in total. The van der Waals surface area contributed by atoms with E-state index < -0.39 is 26.4 Å². The molecule has 1 aromatic rings. The van der Waals surface area contributed by atoms with E-state index in [1.54, 1.807) is 0 Å². The van der Waals surface area contributed by atoms with Gasteiger partial charge in [0.25, 0.3) is 0 Å². The number of nitro groups is 3. The van der Waals surface area contributed by atoms with Crippen LogP contribution < -0.4 is 5.84 Å². The molecule has 0 aliphatic heterocycles. The molecule has 14 heteroatoms. The Hall–Kier alpha value is -2.93. The van der Waals surface area contributed by atoms with Gasteiger partial charge in [-0.15, -0.1) is 0 Å². The molecule has 0 spiro atoms. The van der Waals surface area contributed by atoms with Gasteiger partial charge in [-0.2, -0.15) is 0 Å². The van der Waals surface area contributed by atoms with E-state index in [1.807, 2.05) is 0 Å². The summed E-state index contributed by atoms with van der Waals surface area (Å²) in [5, 5.41) is 40.0.